The molecule has 1 heterocycles. The van der Waals surface area contributed by atoms with Gasteiger partial charge in [0.25, 0.3) is 0 Å². The molecule has 0 N–H and O–H groups in total. The van der Waals surface area contributed by atoms with Gasteiger partial charge in [0, 0.05) is 5.56 Å². The van der Waals surface area contributed by atoms with Gasteiger partial charge >= 0.3 is 12.1 Å². The summed E-state index contributed by atoms with van der Waals surface area (Å²) in [6, 6.07) is 13.2. The minimum absolute atomic E-state index is 0.00190. The Kier molecular flexibility index (Phi) is 4.75. The average Bonchev–Trinajstić information content (AvgIpc) is 3.07. The third-order valence-corrected chi connectivity index (χ3v) is 3.56. The second-order valence-electron chi connectivity index (χ2n) is 5.32. The molecule has 3 rings (SSSR count). The molecule has 134 valence electrons. The molecule has 0 aliphatic carbocycles. The van der Waals surface area contributed by atoms with E-state index in [1.54, 1.807) is 31.2 Å². The maximum atomic E-state index is 12.7. The van der Waals surface area contributed by atoms with Crippen LogP contribution in [0.25, 0.3) is 16.9 Å². The van der Waals surface area contributed by atoms with Crippen LogP contribution in [0.5, 0.6) is 0 Å². The summed E-state index contributed by atoms with van der Waals surface area (Å²) in [5.41, 5.74) is 0.462. The fourth-order valence-electron chi connectivity index (χ4n) is 2.33. The van der Waals surface area contributed by atoms with Crippen molar-refractivity contribution in [1.29, 1.82) is 0 Å². The monoisotopic (exact) mass is 361 g/mol. The Bertz CT molecular complexity index is 904. The third kappa shape index (κ3) is 3.58. The molecule has 0 fully saturated rings. The molecule has 0 spiro atoms. The molecule has 5 nitrogen and oxygen atoms in total. The Labute approximate surface area is 147 Å². The quantitative estimate of drug-likeness (QED) is 0.656. The molecule has 3 aromatic rings. The summed E-state index contributed by atoms with van der Waals surface area (Å²) in [4.78, 5) is 13.3. The summed E-state index contributed by atoms with van der Waals surface area (Å²) >= 11 is 0. The van der Waals surface area contributed by atoms with Crippen LogP contribution in [0.1, 0.15) is 23.0 Å². The summed E-state index contributed by atoms with van der Waals surface area (Å²) in [5.74, 6) is -0.649. The zero-order valence-corrected chi connectivity index (χ0v) is 13.7. The minimum atomic E-state index is -4.43. The van der Waals surface area contributed by atoms with Gasteiger partial charge in [-0.15, -0.1) is 10.2 Å². The van der Waals surface area contributed by atoms with Gasteiger partial charge in [0.2, 0.25) is 0 Å². The summed E-state index contributed by atoms with van der Waals surface area (Å²) in [7, 11) is 0. The molecule has 2 aromatic carbocycles. The van der Waals surface area contributed by atoms with E-state index in [0.29, 0.717) is 16.9 Å². The van der Waals surface area contributed by atoms with Gasteiger partial charge < -0.3 is 4.74 Å². The molecule has 0 radical (unpaired) electrons. The highest BCUT2D eigenvalue weighted by atomic mass is 19.4. The highest BCUT2D eigenvalue weighted by molar-refractivity contribution is 5.94. The van der Waals surface area contributed by atoms with E-state index < -0.39 is 17.7 Å². The zero-order valence-electron chi connectivity index (χ0n) is 13.7. The van der Waals surface area contributed by atoms with Crippen LogP contribution in [0.15, 0.2) is 54.6 Å². The summed E-state index contributed by atoms with van der Waals surface area (Å²) in [6.45, 7) is 1.83. The lowest BCUT2D eigenvalue weighted by Crippen LogP contribution is -2.08. The number of aromatic nitrogens is 3. The standard InChI is InChI=1S/C18H14F3N3O2/c1-2-26-17(25)16-15(12-6-4-3-5-7-12)22-24(23-16)14-10-8-13(9-11-14)18(19,20)21/h3-11H,2H2,1H3. The minimum Gasteiger partial charge on any atom is -0.461 e. The van der Waals surface area contributed by atoms with Gasteiger partial charge in [0.1, 0.15) is 5.69 Å². The molecule has 26 heavy (non-hydrogen) atoms. The van der Waals surface area contributed by atoms with E-state index in [9.17, 15) is 18.0 Å². The number of carbonyl (C=O) groups excluding carboxylic acids is 1. The van der Waals surface area contributed by atoms with Crippen LogP contribution in [-0.4, -0.2) is 27.6 Å². The second kappa shape index (κ2) is 6.99. The molecule has 0 aliphatic heterocycles. The van der Waals surface area contributed by atoms with Crippen molar-refractivity contribution in [1.82, 2.24) is 15.0 Å². The lowest BCUT2D eigenvalue weighted by Gasteiger charge is -2.06. The van der Waals surface area contributed by atoms with Crippen LogP contribution >= 0.6 is 0 Å². The molecule has 0 unspecified atom stereocenters. The van der Waals surface area contributed by atoms with E-state index in [-0.39, 0.29) is 12.3 Å². The first-order chi connectivity index (χ1) is 12.4. The van der Waals surface area contributed by atoms with Crippen molar-refractivity contribution in [3.63, 3.8) is 0 Å². The van der Waals surface area contributed by atoms with E-state index in [1.165, 1.54) is 12.1 Å². The fraction of sp³-hybridized carbons (Fsp3) is 0.167. The highest BCUT2D eigenvalue weighted by Gasteiger charge is 2.30. The smallest absolute Gasteiger partial charge is 0.416 e. The lowest BCUT2D eigenvalue weighted by molar-refractivity contribution is -0.137. The van der Waals surface area contributed by atoms with Crippen molar-refractivity contribution < 1.29 is 22.7 Å². The van der Waals surface area contributed by atoms with Crippen molar-refractivity contribution in [3.8, 4) is 16.9 Å². The van der Waals surface area contributed by atoms with Crippen molar-refractivity contribution >= 4 is 5.97 Å². The van der Waals surface area contributed by atoms with Gasteiger partial charge in [-0.05, 0) is 31.2 Å². The van der Waals surface area contributed by atoms with E-state index in [0.717, 1.165) is 16.9 Å². The average molecular weight is 361 g/mol. The molecule has 0 aliphatic rings. The Morgan fingerprint density at radius 2 is 1.69 bits per heavy atom. The summed E-state index contributed by atoms with van der Waals surface area (Å²) in [6.07, 6.45) is -4.43. The first-order valence-electron chi connectivity index (χ1n) is 7.77. The number of esters is 1. The first-order valence-corrected chi connectivity index (χ1v) is 7.77. The predicted octanol–water partition coefficient (Wildman–Crippen LogP) is 4.13. The lowest BCUT2D eigenvalue weighted by atomic mass is 10.1. The molecule has 1 aromatic heterocycles. The van der Waals surface area contributed by atoms with Crippen LogP contribution in [0, 0.1) is 0 Å². The number of benzene rings is 2. The maximum absolute atomic E-state index is 12.7. The molecular weight excluding hydrogens is 347 g/mol. The Morgan fingerprint density at radius 3 is 2.27 bits per heavy atom. The Balaban J connectivity index is 2.05. The van der Waals surface area contributed by atoms with Crippen LogP contribution in [0.2, 0.25) is 0 Å². The van der Waals surface area contributed by atoms with Crippen LogP contribution in [-0.2, 0) is 10.9 Å². The first kappa shape index (κ1) is 17.7. The molecule has 0 amide bonds. The normalized spacial score (nSPS) is 11.4. The number of alkyl halides is 3. The van der Waals surface area contributed by atoms with E-state index in [1.807, 2.05) is 6.07 Å². The van der Waals surface area contributed by atoms with Crippen molar-refractivity contribution in [2.75, 3.05) is 6.61 Å². The van der Waals surface area contributed by atoms with Gasteiger partial charge in [0.15, 0.2) is 5.69 Å². The van der Waals surface area contributed by atoms with Crippen LogP contribution < -0.4 is 0 Å². The molecular formula is C18H14F3N3O2. The zero-order chi connectivity index (χ0) is 18.7. The van der Waals surface area contributed by atoms with Gasteiger partial charge in [-0.3, -0.25) is 0 Å². The number of carbonyl (C=O) groups is 1. The number of halogens is 3. The van der Waals surface area contributed by atoms with Crippen LogP contribution in [0.3, 0.4) is 0 Å². The SMILES string of the molecule is CCOC(=O)c1nn(-c2ccc(C(F)(F)F)cc2)nc1-c1ccccc1. The fourth-order valence-corrected chi connectivity index (χ4v) is 2.33. The number of hydrogen-bond acceptors (Lipinski definition) is 4. The number of nitrogens with zero attached hydrogens (tertiary/aromatic N) is 3. The molecule has 8 heteroatoms. The molecule has 0 bridgehead atoms. The van der Waals surface area contributed by atoms with E-state index >= 15 is 0 Å². The summed E-state index contributed by atoms with van der Waals surface area (Å²) < 4.78 is 43.1. The van der Waals surface area contributed by atoms with Crippen molar-refractivity contribution in [2.45, 2.75) is 13.1 Å². The molecule has 0 saturated heterocycles. The molecule has 0 saturated carbocycles. The van der Waals surface area contributed by atoms with Crippen molar-refractivity contribution in [3.05, 3.63) is 65.9 Å². The number of ether oxygens (including phenoxy) is 1. The Morgan fingerprint density at radius 1 is 1.04 bits per heavy atom. The van der Waals surface area contributed by atoms with E-state index in [2.05, 4.69) is 10.2 Å². The van der Waals surface area contributed by atoms with Gasteiger partial charge in [-0.25, -0.2) is 4.79 Å². The third-order valence-electron chi connectivity index (χ3n) is 3.56. The van der Waals surface area contributed by atoms with Crippen LogP contribution in [0.4, 0.5) is 13.2 Å². The van der Waals surface area contributed by atoms with Crippen molar-refractivity contribution in [2.24, 2.45) is 0 Å². The number of hydrogen-bond donors (Lipinski definition) is 0. The largest absolute Gasteiger partial charge is 0.461 e. The second-order valence-corrected chi connectivity index (χ2v) is 5.32. The Hall–Kier alpha value is -3.16. The molecule has 0 atom stereocenters. The van der Waals surface area contributed by atoms with E-state index in [4.69, 9.17) is 4.74 Å². The topological polar surface area (TPSA) is 57.0 Å². The highest BCUT2D eigenvalue weighted by Crippen LogP contribution is 2.30. The van der Waals surface area contributed by atoms with Gasteiger partial charge in [-0.1, -0.05) is 30.3 Å². The number of rotatable bonds is 4. The summed E-state index contributed by atoms with van der Waals surface area (Å²) in [5, 5.41) is 8.39. The maximum Gasteiger partial charge on any atom is 0.416 e. The van der Waals surface area contributed by atoms with Gasteiger partial charge in [-0.2, -0.15) is 18.0 Å². The predicted molar refractivity (Wildman–Crippen MR) is 87.8 cm³/mol. The van der Waals surface area contributed by atoms with Gasteiger partial charge in [0.05, 0.1) is 17.9 Å².